The van der Waals surface area contributed by atoms with Crippen molar-refractivity contribution in [3.8, 4) is 5.75 Å². The average molecular weight is 520 g/mol. The monoisotopic (exact) mass is 520 g/mol. The minimum absolute atomic E-state index is 0. The van der Waals surface area contributed by atoms with E-state index in [0.717, 1.165) is 27.9 Å². The van der Waals surface area contributed by atoms with Crippen LogP contribution in [0.25, 0.3) is 0 Å². The first kappa shape index (κ1) is 23.7. The summed E-state index contributed by atoms with van der Waals surface area (Å²) in [7, 11) is 11.3. The maximum absolute atomic E-state index is 5.81. The van der Waals surface area contributed by atoms with Crippen LogP contribution in [0.1, 0.15) is 5.56 Å². The van der Waals surface area contributed by atoms with E-state index in [2.05, 4.69) is 54.3 Å². The van der Waals surface area contributed by atoms with Gasteiger partial charge in [-0.3, -0.25) is 0 Å². The Labute approximate surface area is 164 Å². The van der Waals surface area contributed by atoms with Crippen LogP contribution in [0.4, 0.5) is 0 Å². The van der Waals surface area contributed by atoms with Crippen LogP contribution >= 0.6 is 0 Å². The topological polar surface area (TPSA) is 9.23 Å². The van der Waals surface area contributed by atoms with Crippen molar-refractivity contribution in [2.24, 2.45) is 0 Å². The molecule has 0 saturated carbocycles. The molecule has 1 aromatic carbocycles. The molecular formula is C16H30I2N2O. The molecule has 0 aliphatic carbocycles. The molecular weight excluding hydrogens is 490 g/mol. The third-order valence-corrected chi connectivity index (χ3v) is 3.36. The Morgan fingerprint density at radius 3 is 1.81 bits per heavy atom. The number of halogens is 2. The van der Waals surface area contributed by atoms with Gasteiger partial charge in [-0.1, -0.05) is 17.7 Å². The van der Waals surface area contributed by atoms with Crippen LogP contribution in [0, 0.1) is 6.92 Å². The highest BCUT2D eigenvalue weighted by Gasteiger charge is 2.19. The minimum atomic E-state index is 0. The lowest BCUT2D eigenvalue weighted by Crippen LogP contribution is -3.00. The molecule has 0 unspecified atom stereocenters. The zero-order chi connectivity index (χ0) is 14.5. The molecule has 0 spiro atoms. The second-order valence-electron chi connectivity index (χ2n) is 7.06. The van der Waals surface area contributed by atoms with Gasteiger partial charge in [0.1, 0.15) is 32.0 Å². The predicted molar refractivity (Wildman–Crippen MR) is 81.4 cm³/mol. The van der Waals surface area contributed by atoms with Gasteiger partial charge in [-0.25, -0.2) is 0 Å². The lowest BCUT2D eigenvalue weighted by molar-refractivity contribution is -0.937. The fourth-order valence-corrected chi connectivity index (χ4v) is 1.73. The lowest BCUT2D eigenvalue weighted by atomic mass is 10.2. The van der Waals surface area contributed by atoms with E-state index in [0.29, 0.717) is 0 Å². The quantitative estimate of drug-likeness (QED) is 0.265. The molecule has 1 rings (SSSR count). The van der Waals surface area contributed by atoms with Crippen molar-refractivity contribution < 1.29 is 61.7 Å². The highest BCUT2D eigenvalue weighted by atomic mass is 127. The molecule has 0 aromatic heterocycles. The van der Waals surface area contributed by atoms with Crippen molar-refractivity contribution in [1.29, 1.82) is 0 Å². The molecule has 0 radical (unpaired) electrons. The van der Waals surface area contributed by atoms with Gasteiger partial charge in [-0.05, 0) is 19.1 Å². The molecule has 0 heterocycles. The van der Waals surface area contributed by atoms with Gasteiger partial charge >= 0.3 is 0 Å². The normalized spacial score (nSPS) is 11.3. The van der Waals surface area contributed by atoms with Crippen LogP contribution in [0.2, 0.25) is 0 Å². The summed E-state index contributed by atoms with van der Waals surface area (Å²) in [6, 6.07) is 8.27. The number of quaternary nitrogens is 2. The molecule has 0 fully saturated rings. The SMILES string of the molecule is Cc1ccc(OCC[N+](C)(C)CC[N+](C)(C)C)cc1.[I-].[I-]. The first-order chi connectivity index (χ1) is 8.68. The molecule has 21 heavy (non-hydrogen) atoms. The summed E-state index contributed by atoms with van der Waals surface area (Å²) >= 11 is 0. The number of hydrogen-bond acceptors (Lipinski definition) is 1. The van der Waals surface area contributed by atoms with Crippen LogP contribution in [-0.4, -0.2) is 70.4 Å². The van der Waals surface area contributed by atoms with Gasteiger partial charge in [0.05, 0.1) is 35.2 Å². The number of benzene rings is 1. The Morgan fingerprint density at radius 1 is 0.810 bits per heavy atom. The minimum Gasteiger partial charge on any atom is -1.00 e. The summed E-state index contributed by atoms with van der Waals surface area (Å²) in [5.41, 5.74) is 1.27. The highest BCUT2D eigenvalue weighted by Crippen LogP contribution is 2.11. The fraction of sp³-hybridized carbons (Fsp3) is 0.625. The van der Waals surface area contributed by atoms with Gasteiger partial charge in [0.25, 0.3) is 0 Å². The molecule has 0 bridgehead atoms. The van der Waals surface area contributed by atoms with Crippen molar-refractivity contribution in [3.05, 3.63) is 29.8 Å². The van der Waals surface area contributed by atoms with Gasteiger partial charge < -0.3 is 61.7 Å². The van der Waals surface area contributed by atoms with Crippen LogP contribution in [0.15, 0.2) is 24.3 Å². The Balaban J connectivity index is 0. The summed E-state index contributed by atoms with van der Waals surface area (Å²) in [5.74, 6) is 0.970. The molecule has 3 nitrogen and oxygen atoms in total. The second-order valence-corrected chi connectivity index (χ2v) is 7.06. The number of rotatable bonds is 7. The van der Waals surface area contributed by atoms with Gasteiger partial charge in [0, 0.05) is 0 Å². The maximum atomic E-state index is 5.81. The summed E-state index contributed by atoms with van der Waals surface area (Å²) in [5, 5.41) is 0. The van der Waals surface area contributed by atoms with E-state index in [-0.39, 0.29) is 48.0 Å². The molecule has 0 aliphatic heterocycles. The van der Waals surface area contributed by atoms with Crippen LogP contribution in [0.5, 0.6) is 5.75 Å². The third kappa shape index (κ3) is 11.6. The van der Waals surface area contributed by atoms with E-state index in [4.69, 9.17) is 4.74 Å². The smallest absolute Gasteiger partial charge is 0.137 e. The zero-order valence-corrected chi connectivity index (χ0v) is 18.5. The molecule has 1 aromatic rings. The highest BCUT2D eigenvalue weighted by molar-refractivity contribution is 5.26. The maximum Gasteiger partial charge on any atom is 0.137 e. The number of likely N-dealkylation sites (N-methyl/N-ethyl adjacent to an activating group) is 2. The number of ether oxygens (including phenoxy) is 1. The molecule has 0 amide bonds. The van der Waals surface area contributed by atoms with E-state index < -0.39 is 0 Å². The largest absolute Gasteiger partial charge is 1.00 e. The van der Waals surface area contributed by atoms with E-state index in [1.807, 2.05) is 12.1 Å². The Morgan fingerprint density at radius 2 is 1.33 bits per heavy atom. The third-order valence-electron chi connectivity index (χ3n) is 3.36. The summed E-state index contributed by atoms with van der Waals surface area (Å²) in [6.45, 7) is 6.24. The average Bonchev–Trinajstić information content (AvgIpc) is 2.29. The van der Waals surface area contributed by atoms with Crippen molar-refractivity contribution in [2.45, 2.75) is 6.92 Å². The molecule has 0 saturated heterocycles. The Hall–Kier alpha value is 0.400. The van der Waals surface area contributed by atoms with Crippen molar-refractivity contribution >= 4 is 0 Å². The van der Waals surface area contributed by atoms with E-state index in [1.54, 1.807) is 0 Å². The van der Waals surface area contributed by atoms with Crippen LogP contribution in [0.3, 0.4) is 0 Å². The first-order valence-electron chi connectivity index (χ1n) is 7.00. The fourth-order valence-electron chi connectivity index (χ4n) is 1.73. The Kier molecular flexibility index (Phi) is 11.5. The number of hydrogen-bond donors (Lipinski definition) is 0. The summed E-state index contributed by atoms with van der Waals surface area (Å²) in [6.07, 6.45) is 0. The first-order valence-corrected chi connectivity index (χ1v) is 7.00. The zero-order valence-electron chi connectivity index (χ0n) is 14.2. The van der Waals surface area contributed by atoms with Crippen molar-refractivity contribution in [1.82, 2.24) is 0 Å². The van der Waals surface area contributed by atoms with Crippen LogP contribution in [-0.2, 0) is 0 Å². The van der Waals surface area contributed by atoms with Crippen LogP contribution < -0.4 is 52.7 Å². The predicted octanol–water partition coefficient (Wildman–Crippen LogP) is -3.84. The van der Waals surface area contributed by atoms with Gasteiger partial charge in [0.15, 0.2) is 0 Å². The lowest BCUT2D eigenvalue weighted by Gasteiger charge is -2.33. The van der Waals surface area contributed by atoms with Crippen molar-refractivity contribution in [2.75, 3.05) is 61.5 Å². The van der Waals surface area contributed by atoms with Crippen molar-refractivity contribution in [3.63, 3.8) is 0 Å². The van der Waals surface area contributed by atoms with Gasteiger partial charge in [0.2, 0.25) is 0 Å². The molecule has 124 valence electrons. The summed E-state index contributed by atoms with van der Waals surface area (Å²) in [4.78, 5) is 0. The number of aryl methyl sites for hydroxylation is 1. The molecule has 0 N–H and O–H groups in total. The molecule has 0 atom stereocenters. The standard InChI is InChI=1S/C16H30N2O.2HI/c1-15-7-9-16(10-8-15)19-14-13-18(5,6)12-11-17(2,3)4;;/h7-10H,11-14H2,1-6H3;2*1H/q+2;;/p-2. The van der Waals surface area contributed by atoms with E-state index >= 15 is 0 Å². The number of nitrogens with zero attached hydrogens (tertiary/aromatic N) is 2. The Bertz CT molecular complexity index is 386. The molecule has 0 aliphatic rings. The second kappa shape index (κ2) is 10.2. The van der Waals surface area contributed by atoms with Gasteiger partial charge in [-0.2, -0.15) is 0 Å². The van der Waals surface area contributed by atoms with E-state index in [1.165, 1.54) is 18.7 Å². The van der Waals surface area contributed by atoms with Gasteiger partial charge in [-0.15, -0.1) is 0 Å². The molecule has 5 heteroatoms. The summed E-state index contributed by atoms with van der Waals surface area (Å²) < 4.78 is 7.82. The van der Waals surface area contributed by atoms with E-state index in [9.17, 15) is 0 Å².